The molecule has 0 aliphatic carbocycles. The summed E-state index contributed by atoms with van der Waals surface area (Å²) in [6, 6.07) is 0. The molecule has 1 unspecified atom stereocenters. The van der Waals surface area contributed by atoms with Crippen molar-refractivity contribution >= 4 is 0 Å². The van der Waals surface area contributed by atoms with E-state index < -0.39 is 0 Å². The highest BCUT2D eigenvalue weighted by molar-refractivity contribution is 4.68. The molecule has 0 aliphatic heterocycles. The lowest BCUT2D eigenvalue weighted by Gasteiger charge is -2.13. The van der Waals surface area contributed by atoms with E-state index in [4.69, 9.17) is 5.11 Å². The smallest absolute Gasteiger partial charge is 0.0554 e. The third kappa shape index (κ3) is 4.03. The number of aliphatic hydroxyl groups is 1. The molecule has 0 saturated heterocycles. The molecule has 0 radical (unpaired) electrons. The normalized spacial score (nSPS) is 16.3. The first-order valence-electron chi connectivity index (χ1n) is 3.20. The second kappa shape index (κ2) is 4.39. The molecule has 0 amide bonds. The van der Waals surface area contributed by atoms with E-state index in [0.29, 0.717) is 5.92 Å². The maximum atomic E-state index is 8.97. The van der Waals surface area contributed by atoms with Gasteiger partial charge in [-0.1, -0.05) is 13.5 Å². The monoisotopic (exact) mass is 129 g/mol. The Labute approximate surface area is 56.6 Å². The number of hydrogen-bond donors (Lipinski definition) is 2. The summed E-state index contributed by atoms with van der Waals surface area (Å²) in [5.74, 6) is 0.294. The molecule has 0 aliphatic rings. The van der Waals surface area contributed by atoms with Crippen molar-refractivity contribution in [3.05, 3.63) is 12.8 Å². The summed E-state index contributed by atoms with van der Waals surface area (Å²) >= 11 is 0. The Hall–Kier alpha value is -0.500. The van der Waals surface area contributed by atoms with Gasteiger partial charge >= 0.3 is 0 Å². The predicted octanol–water partition coefficient (Wildman–Crippen LogP) is 0.736. The topological polar surface area (TPSA) is 32.3 Å². The maximum absolute atomic E-state index is 8.97. The van der Waals surface area contributed by atoms with E-state index in [2.05, 4.69) is 11.9 Å². The van der Waals surface area contributed by atoms with Crippen molar-refractivity contribution in [3.8, 4) is 0 Å². The van der Waals surface area contributed by atoms with Crippen molar-refractivity contribution in [2.24, 2.45) is 5.92 Å². The highest BCUT2D eigenvalue weighted by Gasteiger charge is 2.05. The molecule has 2 nitrogen and oxygen atoms in total. The molecule has 0 aromatic heterocycles. The maximum Gasteiger partial charge on any atom is 0.0554 e. The van der Waals surface area contributed by atoms with Crippen LogP contribution in [0.15, 0.2) is 12.8 Å². The summed E-state index contributed by atoms with van der Waals surface area (Å²) in [7, 11) is 0. The van der Waals surface area contributed by atoms with Crippen LogP contribution < -0.4 is 5.32 Å². The van der Waals surface area contributed by atoms with Crippen LogP contribution in [0.3, 0.4) is 0 Å². The summed E-state index contributed by atoms with van der Waals surface area (Å²) in [4.78, 5) is 0. The van der Waals surface area contributed by atoms with Crippen LogP contribution in [0.4, 0.5) is 0 Å². The highest BCUT2D eigenvalue weighted by Crippen LogP contribution is 1.98. The van der Waals surface area contributed by atoms with Gasteiger partial charge in [0, 0.05) is 6.54 Å². The molecule has 2 N–H and O–H groups in total. The lowest BCUT2D eigenvalue weighted by molar-refractivity contribution is 0.136. The Morgan fingerprint density at radius 1 is 1.67 bits per heavy atom. The molecule has 2 atom stereocenters. The first-order valence-corrected chi connectivity index (χ1v) is 3.20. The highest BCUT2D eigenvalue weighted by atomic mass is 16.3. The molecular formula is C7H15NO. The summed E-state index contributed by atoms with van der Waals surface area (Å²) in [5.41, 5.74) is 0. The number of nitrogens with one attached hydrogen (secondary N) is 1. The van der Waals surface area contributed by atoms with E-state index in [1.807, 2.05) is 6.92 Å². The quantitative estimate of drug-likeness (QED) is 0.586. The van der Waals surface area contributed by atoms with Crippen LogP contribution in [0.2, 0.25) is 0 Å². The summed E-state index contributed by atoms with van der Waals surface area (Å²) in [6.45, 7) is 8.07. The standard InChI is InChI=1S/C7H15NO/c1-4-8-5-6(2)7(3)9/h4,6-9H,1,5H2,2-3H3/t6-,7?/m1/s1. The zero-order chi connectivity index (χ0) is 7.28. The number of hydrogen-bond acceptors (Lipinski definition) is 2. The van der Waals surface area contributed by atoms with Crippen molar-refractivity contribution in [1.29, 1.82) is 0 Å². The lowest BCUT2D eigenvalue weighted by Crippen LogP contribution is -2.24. The van der Waals surface area contributed by atoms with Gasteiger partial charge in [0.1, 0.15) is 0 Å². The van der Waals surface area contributed by atoms with E-state index in [1.54, 1.807) is 13.1 Å². The molecule has 0 saturated carbocycles. The molecule has 0 bridgehead atoms. The van der Waals surface area contributed by atoms with E-state index in [-0.39, 0.29) is 6.10 Å². The molecule has 9 heavy (non-hydrogen) atoms. The molecule has 0 fully saturated rings. The molecule has 2 heteroatoms. The molecule has 0 rings (SSSR count). The Morgan fingerprint density at radius 2 is 2.22 bits per heavy atom. The fourth-order valence-corrected chi connectivity index (χ4v) is 0.440. The van der Waals surface area contributed by atoms with Gasteiger partial charge in [0.25, 0.3) is 0 Å². The van der Waals surface area contributed by atoms with E-state index >= 15 is 0 Å². The minimum absolute atomic E-state index is 0.238. The largest absolute Gasteiger partial charge is 0.393 e. The van der Waals surface area contributed by atoms with Gasteiger partial charge in [0.15, 0.2) is 0 Å². The van der Waals surface area contributed by atoms with Crippen LogP contribution in [-0.4, -0.2) is 17.8 Å². The second-order valence-corrected chi connectivity index (χ2v) is 2.33. The number of aliphatic hydroxyl groups excluding tert-OH is 1. The molecule has 0 aromatic carbocycles. The Balaban J connectivity index is 3.26. The summed E-state index contributed by atoms with van der Waals surface area (Å²) in [5, 5.41) is 11.9. The number of rotatable bonds is 4. The molecule has 0 heterocycles. The first kappa shape index (κ1) is 8.50. The van der Waals surface area contributed by atoms with E-state index in [9.17, 15) is 0 Å². The van der Waals surface area contributed by atoms with Gasteiger partial charge in [0.05, 0.1) is 6.10 Å². The van der Waals surface area contributed by atoms with Crippen molar-refractivity contribution < 1.29 is 5.11 Å². The predicted molar refractivity (Wildman–Crippen MR) is 39.0 cm³/mol. The van der Waals surface area contributed by atoms with E-state index in [1.165, 1.54) is 0 Å². The minimum atomic E-state index is -0.238. The van der Waals surface area contributed by atoms with Gasteiger partial charge < -0.3 is 10.4 Å². The second-order valence-electron chi connectivity index (χ2n) is 2.33. The van der Waals surface area contributed by atoms with Gasteiger partial charge in [0.2, 0.25) is 0 Å². The molecule has 0 aromatic rings. The molecule has 54 valence electrons. The Kier molecular flexibility index (Phi) is 4.14. The molecule has 0 spiro atoms. The Bertz CT molecular complexity index is 81.0. The fourth-order valence-electron chi connectivity index (χ4n) is 0.440. The first-order chi connectivity index (χ1) is 4.18. The van der Waals surface area contributed by atoms with Crippen LogP contribution in [0, 0.1) is 5.92 Å². The lowest BCUT2D eigenvalue weighted by atomic mass is 10.1. The van der Waals surface area contributed by atoms with E-state index in [0.717, 1.165) is 6.54 Å². The van der Waals surface area contributed by atoms with Gasteiger partial charge in [-0.05, 0) is 19.0 Å². The third-order valence-electron chi connectivity index (χ3n) is 1.41. The molecular weight excluding hydrogens is 114 g/mol. The summed E-state index contributed by atoms with van der Waals surface area (Å²) in [6.07, 6.45) is 1.40. The SMILES string of the molecule is C=CNC[C@@H](C)C(C)O. The van der Waals surface area contributed by atoms with Crippen molar-refractivity contribution in [2.75, 3.05) is 6.54 Å². The fraction of sp³-hybridized carbons (Fsp3) is 0.714. The van der Waals surface area contributed by atoms with Gasteiger partial charge in [-0.2, -0.15) is 0 Å². The van der Waals surface area contributed by atoms with Gasteiger partial charge in [-0.3, -0.25) is 0 Å². The summed E-state index contributed by atoms with van der Waals surface area (Å²) < 4.78 is 0. The zero-order valence-electron chi connectivity index (χ0n) is 6.09. The van der Waals surface area contributed by atoms with Crippen molar-refractivity contribution in [3.63, 3.8) is 0 Å². The van der Waals surface area contributed by atoms with Crippen molar-refractivity contribution in [2.45, 2.75) is 20.0 Å². The van der Waals surface area contributed by atoms with Crippen LogP contribution >= 0.6 is 0 Å². The van der Waals surface area contributed by atoms with Crippen LogP contribution in [-0.2, 0) is 0 Å². The average molecular weight is 129 g/mol. The average Bonchev–Trinajstić information content (AvgIpc) is 1.82. The van der Waals surface area contributed by atoms with Gasteiger partial charge in [-0.25, -0.2) is 0 Å². The van der Waals surface area contributed by atoms with Gasteiger partial charge in [-0.15, -0.1) is 0 Å². The Morgan fingerprint density at radius 3 is 2.56 bits per heavy atom. The van der Waals surface area contributed by atoms with Crippen LogP contribution in [0.25, 0.3) is 0 Å². The van der Waals surface area contributed by atoms with Crippen molar-refractivity contribution in [1.82, 2.24) is 5.32 Å². The zero-order valence-corrected chi connectivity index (χ0v) is 6.09. The van der Waals surface area contributed by atoms with Crippen LogP contribution in [0.5, 0.6) is 0 Å². The minimum Gasteiger partial charge on any atom is -0.393 e. The third-order valence-corrected chi connectivity index (χ3v) is 1.41. The van der Waals surface area contributed by atoms with Crippen LogP contribution in [0.1, 0.15) is 13.8 Å².